The zero-order chi connectivity index (χ0) is 20.5. The number of hydrogen-bond acceptors (Lipinski definition) is 4. The molecule has 0 fully saturated rings. The molecular formula is C23H21ClN2O3. The van der Waals surface area contributed by atoms with E-state index in [9.17, 15) is 4.79 Å². The van der Waals surface area contributed by atoms with Gasteiger partial charge in [0.25, 0.3) is 0 Å². The number of methoxy groups -OCH3 is 1. The molecule has 0 aliphatic rings. The molecule has 0 radical (unpaired) electrons. The van der Waals surface area contributed by atoms with Crippen LogP contribution in [0.1, 0.15) is 16.7 Å². The molecule has 0 heterocycles. The quantitative estimate of drug-likeness (QED) is 0.437. The number of benzene rings is 3. The Morgan fingerprint density at radius 3 is 2.62 bits per heavy atom. The number of carbonyl (C=O) groups is 1. The number of nitrogens with one attached hydrogen (secondary N) is 1. The van der Waals surface area contributed by atoms with Gasteiger partial charge in [0.05, 0.1) is 19.7 Å². The first-order valence-corrected chi connectivity index (χ1v) is 9.43. The van der Waals surface area contributed by atoms with Crippen molar-refractivity contribution in [2.24, 2.45) is 5.10 Å². The minimum Gasteiger partial charge on any atom is -0.497 e. The molecular weight excluding hydrogens is 388 g/mol. The van der Waals surface area contributed by atoms with Gasteiger partial charge >= 0.3 is 0 Å². The molecule has 0 bridgehead atoms. The van der Waals surface area contributed by atoms with E-state index >= 15 is 0 Å². The van der Waals surface area contributed by atoms with Crippen LogP contribution in [0.2, 0.25) is 5.02 Å². The number of nitrogens with zero attached hydrogens (tertiary/aromatic N) is 1. The minimum atomic E-state index is -0.210. The Hall–Kier alpha value is -3.31. The van der Waals surface area contributed by atoms with Crippen molar-refractivity contribution in [3.63, 3.8) is 0 Å². The summed E-state index contributed by atoms with van der Waals surface area (Å²) >= 11 is 5.85. The first-order valence-electron chi connectivity index (χ1n) is 9.05. The second kappa shape index (κ2) is 10.3. The van der Waals surface area contributed by atoms with Gasteiger partial charge in [-0.3, -0.25) is 4.79 Å². The van der Waals surface area contributed by atoms with Crippen molar-refractivity contribution in [3.05, 3.63) is 94.5 Å². The van der Waals surface area contributed by atoms with Crippen LogP contribution in [0.25, 0.3) is 0 Å². The number of halogens is 1. The van der Waals surface area contributed by atoms with Crippen LogP contribution >= 0.6 is 11.6 Å². The molecule has 148 valence electrons. The van der Waals surface area contributed by atoms with Gasteiger partial charge in [-0.05, 0) is 47.5 Å². The van der Waals surface area contributed by atoms with Crippen LogP contribution in [-0.2, 0) is 17.8 Å². The van der Waals surface area contributed by atoms with E-state index in [1.54, 1.807) is 25.5 Å². The maximum Gasteiger partial charge on any atom is 0.244 e. The summed E-state index contributed by atoms with van der Waals surface area (Å²) in [4.78, 5) is 12.0. The summed E-state index contributed by atoms with van der Waals surface area (Å²) in [5.74, 6) is 1.24. The first-order chi connectivity index (χ1) is 14.1. The number of carbonyl (C=O) groups excluding carboxylic acids is 1. The third-order valence-electron chi connectivity index (χ3n) is 4.12. The number of para-hydroxylation sites is 1. The zero-order valence-electron chi connectivity index (χ0n) is 16.0. The summed E-state index contributed by atoms with van der Waals surface area (Å²) in [6, 6.07) is 22.3. The Labute approximate surface area is 174 Å². The van der Waals surface area contributed by atoms with Crippen molar-refractivity contribution in [2.45, 2.75) is 13.0 Å². The largest absolute Gasteiger partial charge is 0.497 e. The Balaban J connectivity index is 1.57. The van der Waals surface area contributed by atoms with Gasteiger partial charge in [-0.15, -0.1) is 0 Å². The maximum absolute atomic E-state index is 12.0. The fourth-order valence-corrected chi connectivity index (χ4v) is 2.77. The van der Waals surface area contributed by atoms with Crippen LogP contribution in [-0.4, -0.2) is 19.2 Å². The Morgan fingerprint density at radius 2 is 1.83 bits per heavy atom. The molecule has 3 aromatic rings. The summed E-state index contributed by atoms with van der Waals surface area (Å²) in [6.07, 6.45) is 1.79. The molecule has 0 aliphatic carbocycles. The lowest BCUT2D eigenvalue weighted by molar-refractivity contribution is -0.120. The lowest BCUT2D eigenvalue weighted by Crippen LogP contribution is -2.19. The van der Waals surface area contributed by atoms with Crippen LogP contribution in [0.3, 0.4) is 0 Å². The second-order valence-electron chi connectivity index (χ2n) is 6.27. The van der Waals surface area contributed by atoms with Gasteiger partial charge in [-0.1, -0.05) is 48.0 Å². The average Bonchev–Trinajstić information content (AvgIpc) is 2.75. The van der Waals surface area contributed by atoms with Gasteiger partial charge in [0.1, 0.15) is 18.1 Å². The van der Waals surface area contributed by atoms with Gasteiger partial charge in [-0.2, -0.15) is 5.10 Å². The molecule has 0 saturated heterocycles. The van der Waals surface area contributed by atoms with E-state index in [1.165, 1.54) is 0 Å². The van der Waals surface area contributed by atoms with Crippen LogP contribution in [0.4, 0.5) is 0 Å². The third-order valence-corrected chi connectivity index (χ3v) is 4.37. The standard InChI is InChI=1S/C23H21ClN2O3/c1-28-21-7-4-5-18(13-21)16-29-22-8-3-2-6-19(22)15-25-26-23(27)14-17-9-11-20(24)12-10-17/h2-13,15H,14,16H2,1H3,(H,26,27)/b25-15-. The number of ether oxygens (including phenoxy) is 2. The molecule has 6 heteroatoms. The predicted molar refractivity (Wildman–Crippen MR) is 115 cm³/mol. The molecule has 1 N–H and O–H groups in total. The normalized spacial score (nSPS) is 10.7. The molecule has 5 nitrogen and oxygen atoms in total. The lowest BCUT2D eigenvalue weighted by atomic mass is 10.1. The molecule has 1 amide bonds. The molecule has 3 rings (SSSR count). The smallest absolute Gasteiger partial charge is 0.244 e. The summed E-state index contributed by atoms with van der Waals surface area (Å²) < 4.78 is 11.1. The summed E-state index contributed by atoms with van der Waals surface area (Å²) in [5.41, 5.74) is 5.16. The van der Waals surface area contributed by atoms with Gasteiger partial charge in [0, 0.05) is 10.6 Å². The molecule has 0 atom stereocenters. The van der Waals surface area contributed by atoms with Gasteiger partial charge in [-0.25, -0.2) is 5.43 Å². The predicted octanol–water partition coefficient (Wildman–Crippen LogP) is 4.62. The van der Waals surface area contributed by atoms with Crippen LogP contribution < -0.4 is 14.9 Å². The van der Waals surface area contributed by atoms with Crippen molar-refractivity contribution in [1.82, 2.24) is 5.43 Å². The fraction of sp³-hybridized carbons (Fsp3) is 0.130. The first kappa shape index (κ1) is 20.4. The van der Waals surface area contributed by atoms with E-state index in [-0.39, 0.29) is 12.3 Å². The summed E-state index contributed by atoms with van der Waals surface area (Å²) in [7, 11) is 1.63. The van der Waals surface area contributed by atoms with Crippen molar-refractivity contribution in [2.75, 3.05) is 7.11 Å². The van der Waals surface area contributed by atoms with E-state index in [4.69, 9.17) is 21.1 Å². The molecule has 0 spiro atoms. The maximum atomic E-state index is 12.0. The summed E-state index contributed by atoms with van der Waals surface area (Å²) in [5, 5.41) is 4.68. The highest BCUT2D eigenvalue weighted by Gasteiger charge is 2.04. The van der Waals surface area contributed by atoms with E-state index in [0.717, 1.165) is 22.4 Å². The van der Waals surface area contributed by atoms with Crippen molar-refractivity contribution in [3.8, 4) is 11.5 Å². The Bertz CT molecular complexity index is 987. The molecule has 0 unspecified atom stereocenters. The second-order valence-corrected chi connectivity index (χ2v) is 6.71. The van der Waals surface area contributed by atoms with E-state index < -0.39 is 0 Å². The average molecular weight is 409 g/mol. The van der Waals surface area contributed by atoms with Crippen LogP contribution in [0, 0.1) is 0 Å². The monoisotopic (exact) mass is 408 g/mol. The van der Waals surface area contributed by atoms with Crippen LogP contribution in [0.5, 0.6) is 11.5 Å². The van der Waals surface area contributed by atoms with E-state index in [2.05, 4.69) is 10.5 Å². The van der Waals surface area contributed by atoms with E-state index in [1.807, 2.05) is 60.7 Å². The van der Waals surface area contributed by atoms with Crippen LogP contribution in [0.15, 0.2) is 77.9 Å². The molecule has 0 aromatic heterocycles. The highest BCUT2D eigenvalue weighted by atomic mass is 35.5. The molecule has 0 saturated carbocycles. The molecule has 3 aromatic carbocycles. The third kappa shape index (κ3) is 6.36. The number of rotatable bonds is 8. The van der Waals surface area contributed by atoms with Crippen molar-refractivity contribution in [1.29, 1.82) is 0 Å². The number of hydrogen-bond donors (Lipinski definition) is 1. The summed E-state index contributed by atoms with van der Waals surface area (Å²) in [6.45, 7) is 0.394. The van der Waals surface area contributed by atoms with Crippen molar-refractivity contribution >= 4 is 23.7 Å². The number of hydrazone groups is 1. The van der Waals surface area contributed by atoms with Gasteiger partial charge < -0.3 is 9.47 Å². The van der Waals surface area contributed by atoms with Gasteiger partial charge in [0.2, 0.25) is 5.91 Å². The number of amides is 1. The highest BCUT2D eigenvalue weighted by Crippen LogP contribution is 2.19. The topological polar surface area (TPSA) is 59.9 Å². The molecule has 0 aliphatic heterocycles. The zero-order valence-corrected chi connectivity index (χ0v) is 16.7. The lowest BCUT2D eigenvalue weighted by Gasteiger charge is -2.10. The van der Waals surface area contributed by atoms with Crippen molar-refractivity contribution < 1.29 is 14.3 Å². The highest BCUT2D eigenvalue weighted by molar-refractivity contribution is 6.30. The minimum absolute atomic E-state index is 0.210. The SMILES string of the molecule is COc1cccc(COc2ccccc2/C=N\NC(=O)Cc2ccc(Cl)cc2)c1. The van der Waals surface area contributed by atoms with Gasteiger partial charge in [0.15, 0.2) is 0 Å². The Morgan fingerprint density at radius 1 is 1.03 bits per heavy atom. The molecule has 29 heavy (non-hydrogen) atoms. The van der Waals surface area contributed by atoms with E-state index in [0.29, 0.717) is 17.4 Å². The fourth-order valence-electron chi connectivity index (χ4n) is 2.64. The Kier molecular flexibility index (Phi) is 7.25.